The number of anilines is 1. The van der Waals surface area contributed by atoms with Gasteiger partial charge in [0.2, 0.25) is 0 Å². The molecule has 1 rings (SSSR count). The van der Waals surface area contributed by atoms with Crippen molar-refractivity contribution in [2.45, 2.75) is 13.3 Å². The van der Waals surface area contributed by atoms with Gasteiger partial charge in [-0.05, 0) is 18.6 Å². The van der Waals surface area contributed by atoms with Gasteiger partial charge in [-0.15, -0.1) is 0 Å². The Bertz CT molecular complexity index is 394. The molecule has 0 bridgehead atoms. The van der Waals surface area contributed by atoms with Crippen LogP contribution in [-0.4, -0.2) is 30.8 Å². The zero-order chi connectivity index (χ0) is 12.3. The fourth-order valence-electron chi connectivity index (χ4n) is 1.36. The summed E-state index contributed by atoms with van der Waals surface area (Å²) in [6.07, 6.45) is -2.54. The predicted octanol–water partition coefficient (Wildman–Crippen LogP) is 1.91. The zero-order valence-corrected chi connectivity index (χ0v) is 9.21. The van der Waals surface area contributed by atoms with E-state index in [0.717, 1.165) is 10.5 Å². The molecule has 0 radical (unpaired) electrons. The second-order valence-electron chi connectivity index (χ2n) is 3.61. The molecule has 5 heteroatoms. The van der Waals surface area contributed by atoms with Crippen molar-refractivity contribution in [1.29, 1.82) is 0 Å². The third-order valence-electron chi connectivity index (χ3n) is 2.31. The Kier molecular flexibility index (Phi) is 3.82. The molecule has 0 aliphatic carbocycles. The first-order valence-corrected chi connectivity index (χ1v) is 4.82. The Morgan fingerprint density at radius 1 is 1.50 bits per heavy atom. The van der Waals surface area contributed by atoms with E-state index in [9.17, 15) is 13.6 Å². The lowest BCUT2D eigenvalue weighted by atomic mass is 10.1. The molecule has 0 fully saturated rings. The predicted molar refractivity (Wildman–Crippen MR) is 58.6 cm³/mol. The monoisotopic (exact) mass is 228 g/mol. The minimum absolute atomic E-state index is 0.267. The number of aryl methyl sites for hydroxylation is 1. The summed E-state index contributed by atoms with van der Waals surface area (Å²) in [5.41, 5.74) is 7.09. The third-order valence-corrected chi connectivity index (χ3v) is 2.31. The van der Waals surface area contributed by atoms with E-state index >= 15 is 0 Å². The van der Waals surface area contributed by atoms with Crippen LogP contribution in [0.4, 0.5) is 14.5 Å². The van der Waals surface area contributed by atoms with E-state index in [2.05, 4.69) is 0 Å². The van der Waals surface area contributed by atoms with Gasteiger partial charge >= 0.3 is 0 Å². The van der Waals surface area contributed by atoms with Gasteiger partial charge in [0.05, 0.1) is 12.1 Å². The van der Waals surface area contributed by atoms with Crippen LogP contribution < -0.4 is 5.73 Å². The molecule has 16 heavy (non-hydrogen) atoms. The van der Waals surface area contributed by atoms with E-state index in [1.165, 1.54) is 13.1 Å². The fraction of sp³-hybridized carbons (Fsp3) is 0.364. The molecule has 0 aliphatic heterocycles. The molecular weight excluding hydrogens is 214 g/mol. The van der Waals surface area contributed by atoms with Crippen molar-refractivity contribution in [2.24, 2.45) is 0 Å². The van der Waals surface area contributed by atoms with Gasteiger partial charge in [-0.25, -0.2) is 8.78 Å². The molecule has 1 aromatic carbocycles. The minimum Gasteiger partial charge on any atom is -0.398 e. The number of para-hydroxylation sites is 1. The number of rotatable bonds is 3. The van der Waals surface area contributed by atoms with Gasteiger partial charge < -0.3 is 10.6 Å². The average Bonchev–Trinajstić information content (AvgIpc) is 2.20. The number of hydrogen-bond acceptors (Lipinski definition) is 2. The number of hydrogen-bond donors (Lipinski definition) is 1. The maximum absolute atomic E-state index is 12.1. The molecule has 0 aromatic heterocycles. The molecule has 88 valence electrons. The van der Waals surface area contributed by atoms with Gasteiger partial charge in [0.1, 0.15) is 0 Å². The second kappa shape index (κ2) is 4.92. The van der Waals surface area contributed by atoms with Crippen LogP contribution >= 0.6 is 0 Å². The highest BCUT2D eigenvalue weighted by Crippen LogP contribution is 2.18. The lowest BCUT2D eigenvalue weighted by molar-refractivity contribution is 0.0621. The van der Waals surface area contributed by atoms with Gasteiger partial charge in [0, 0.05) is 12.7 Å². The van der Waals surface area contributed by atoms with Crippen LogP contribution in [0.5, 0.6) is 0 Å². The van der Waals surface area contributed by atoms with E-state index in [0.29, 0.717) is 5.69 Å². The van der Waals surface area contributed by atoms with E-state index in [1.807, 2.05) is 0 Å². The molecule has 1 amide bonds. The molecule has 0 unspecified atom stereocenters. The number of carbonyl (C=O) groups is 1. The maximum atomic E-state index is 12.1. The highest BCUT2D eigenvalue weighted by atomic mass is 19.3. The molecule has 0 aliphatic rings. The number of benzene rings is 1. The van der Waals surface area contributed by atoms with Gasteiger partial charge in [0.15, 0.2) is 0 Å². The molecule has 2 N–H and O–H groups in total. The summed E-state index contributed by atoms with van der Waals surface area (Å²) in [5, 5.41) is 0. The van der Waals surface area contributed by atoms with Gasteiger partial charge in [-0.3, -0.25) is 4.79 Å². The summed E-state index contributed by atoms with van der Waals surface area (Å²) in [7, 11) is 1.33. The van der Waals surface area contributed by atoms with Crippen molar-refractivity contribution in [3.63, 3.8) is 0 Å². The van der Waals surface area contributed by atoms with E-state index in [-0.39, 0.29) is 5.56 Å². The summed E-state index contributed by atoms with van der Waals surface area (Å²) in [5.74, 6) is -0.485. The van der Waals surface area contributed by atoms with Gasteiger partial charge in [-0.2, -0.15) is 0 Å². The topological polar surface area (TPSA) is 46.3 Å². The number of amides is 1. The lowest BCUT2D eigenvalue weighted by Gasteiger charge is -2.18. The number of carbonyl (C=O) groups excluding carboxylic acids is 1. The zero-order valence-electron chi connectivity index (χ0n) is 9.21. The number of nitrogens with zero attached hydrogens (tertiary/aromatic N) is 1. The second-order valence-corrected chi connectivity index (χ2v) is 3.61. The van der Waals surface area contributed by atoms with Crippen molar-refractivity contribution >= 4 is 11.6 Å². The highest BCUT2D eigenvalue weighted by Gasteiger charge is 2.18. The molecule has 0 saturated carbocycles. The molecule has 3 nitrogen and oxygen atoms in total. The van der Waals surface area contributed by atoms with Crippen molar-refractivity contribution < 1.29 is 13.6 Å². The molecule has 0 heterocycles. The summed E-state index contributed by atoms with van der Waals surface area (Å²) in [6, 6.07) is 4.97. The Morgan fingerprint density at radius 2 is 2.12 bits per heavy atom. The molecule has 1 aromatic rings. The third kappa shape index (κ3) is 2.68. The molecule has 0 atom stereocenters. The molecule has 0 spiro atoms. The van der Waals surface area contributed by atoms with Gasteiger partial charge in [-0.1, -0.05) is 12.1 Å². The van der Waals surface area contributed by atoms with Crippen LogP contribution in [0, 0.1) is 6.92 Å². The number of halogens is 2. The van der Waals surface area contributed by atoms with E-state index in [4.69, 9.17) is 5.73 Å². The van der Waals surface area contributed by atoms with Crippen LogP contribution in [-0.2, 0) is 0 Å². The quantitative estimate of drug-likeness (QED) is 0.803. The maximum Gasteiger partial charge on any atom is 0.255 e. The largest absolute Gasteiger partial charge is 0.398 e. The molecular formula is C11H14F2N2O. The minimum atomic E-state index is -2.54. The van der Waals surface area contributed by atoms with Crippen molar-refractivity contribution in [2.75, 3.05) is 19.3 Å². The summed E-state index contributed by atoms with van der Waals surface area (Å²) in [6.45, 7) is 1.17. The average molecular weight is 228 g/mol. The Hall–Kier alpha value is -1.65. The Balaban J connectivity index is 2.92. The highest BCUT2D eigenvalue weighted by molar-refractivity contribution is 5.99. The summed E-state index contributed by atoms with van der Waals surface area (Å²) >= 11 is 0. The SMILES string of the molecule is Cc1cccc(C(=O)N(C)CC(F)F)c1N. The Labute approximate surface area is 92.8 Å². The van der Waals surface area contributed by atoms with Crippen LogP contribution in [0.25, 0.3) is 0 Å². The molecule has 0 saturated heterocycles. The van der Waals surface area contributed by atoms with E-state index in [1.54, 1.807) is 19.1 Å². The normalized spacial score (nSPS) is 10.6. The van der Waals surface area contributed by atoms with Crippen LogP contribution in [0.2, 0.25) is 0 Å². The van der Waals surface area contributed by atoms with Crippen molar-refractivity contribution in [1.82, 2.24) is 4.90 Å². The van der Waals surface area contributed by atoms with Crippen LogP contribution in [0.15, 0.2) is 18.2 Å². The fourth-order valence-corrected chi connectivity index (χ4v) is 1.36. The van der Waals surface area contributed by atoms with Gasteiger partial charge in [0.25, 0.3) is 12.3 Å². The van der Waals surface area contributed by atoms with E-state index < -0.39 is 18.9 Å². The van der Waals surface area contributed by atoms with Crippen LogP contribution in [0.3, 0.4) is 0 Å². The van der Waals surface area contributed by atoms with Crippen molar-refractivity contribution in [3.8, 4) is 0 Å². The number of nitrogens with two attached hydrogens (primary N) is 1. The first-order valence-electron chi connectivity index (χ1n) is 4.82. The van der Waals surface area contributed by atoms with Crippen LogP contribution in [0.1, 0.15) is 15.9 Å². The number of nitrogen functional groups attached to an aromatic ring is 1. The Morgan fingerprint density at radius 3 is 2.69 bits per heavy atom. The summed E-state index contributed by atoms with van der Waals surface area (Å²) in [4.78, 5) is 12.7. The first kappa shape index (κ1) is 12.4. The first-order chi connectivity index (χ1) is 7.43. The smallest absolute Gasteiger partial charge is 0.255 e. The summed E-state index contributed by atoms with van der Waals surface area (Å²) < 4.78 is 24.2. The standard InChI is InChI=1S/C11H14F2N2O/c1-7-4-3-5-8(10(7)14)11(16)15(2)6-9(12)13/h3-5,9H,6,14H2,1-2H3. The van der Waals surface area contributed by atoms with Crippen molar-refractivity contribution in [3.05, 3.63) is 29.3 Å². The number of alkyl halides is 2. The lowest BCUT2D eigenvalue weighted by Crippen LogP contribution is -2.31.